The van der Waals surface area contributed by atoms with Gasteiger partial charge in [-0.15, -0.1) is 0 Å². The Labute approximate surface area is 162 Å². The van der Waals surface area contributed by atoms with Crippen LogP contribution in [0.4, 0.5) is 11.4 Å². The fourth-order valence-corrected chi connectivity index (χ4v) is 4.49. The number of anilines is 1. The van der Waals surface area contributed by atoms with Gasteiger partial charge in [0.2, 0.25) is 0 Å². The molecule has 2 aromatic carbocycles. The minimum atomic E-state index is -0.526. The first-order valence-corrected chi connectivity index (χ1v) is 9.31. The van der Waals surface area contributed by atoms with Crippen LogP contribution in [0.5, 0.6) is 0 Å². The van der Waals surface area contributed by atoms with Crippen LogP contribution < -0.4 is 4.90 Å². The van der Waals surface area contributed by atoms with E-state index in [1.54, 1.807) is 4.90 Å². The highest BCUT2D eigenvalue weighted by Gasteiger charge is 2.45. The average Bonchev–Trinajstić information content (AvgIpc) is 2.93. The number of piperidine rings is 1. The number of carbonyl (C=O) groups excluding carboxylic acids is 1. The summed E-state index contributed by atoms with van der Waals surface area (Å²) < 4.78 is 0. The Morgan fingerprint density at radius 1 is 1.26 bits per heavy atom. The molecule has 0 aromatic heterocycles. The van der Waals surface area contributed by atoms with Crippen LogP contribution in [-0.2, 0) is 0 Å². The zero-order valence-corrected chi connectivity index (χ0v) is 15.9. The van der Waals surface area contributed by atoms with Gasteiger partial charge in [-0.25, -0.2) is 0 Å². The topological polar surface area (TPSA) is 66.7 Å². The SMILES string of the molecule is Cc1ccc2c(c1)[C@@H]1CN(C)CC[C@@H]1N2C(=O)c1cc(Cl)ccc1[N+](=O)[O-]. The highest BCUT2D eigenvalue weighted by Crippen LogP contribution is 2.46. The minimum Gasteiger partial charge on any atom is -0.306 e. The van der Waals surface area contributed by atoms with E-state index in [0.717, 1.165) is 36.3 Å². The molecule has 6 nitrogen and oxygen atoms in total. The minimum absolute atomic E-state index is 0.00378. The van der Waals surface area contributed by atoms with Crippen LogP contribution in [0.2, 0.25) is 5.02 Å². The lowest BCUT2D eigenvalue weighted by Crippen LogP contribution is -2.47. The quantitative estimate of drug-likeness (QED) is 0.578. The van der Waals surface area contributed by atoms with Gasteiger partial charge in [-0.2, -0.15) is 0 Å². The Hall–Kier alpha value is -2.44. The molecule has 2 atom stereocenters. The number of amides is 1. The maximum atomic E-state index is 13.5. The van der Waals surface area contributed by atoms with Gasteiger partial charge in [0.15, 0.2) is 0 Å². The van der Waals surface area contributed by atoms with Crippen LogP contribution in [0, 0.1) is 17.0 Å². The fourth-order valence-electron chi connectivity index (χ4n) is 4.31. The number of benzene rings is 2. The van der Waals surface area contributed by atoms with Gasteiger partial charge in [-0.3, -0.25) is 14.9 Å². The molecule has 0 bridgehead atoms. The van der Waals surface area contributed by atoms with Crippen molar-refractivity contribution in [2.75, 3.05) is 25.0 Å². The second-order valence-electron chi connectivity index (χ2n) is 7.38. The van der Waals surface area contributed by atoms with Crippen molar-refractivity contribution in [3.8, 4) is 0 Å². The van der Waals surface area contributed by atoms with E-state index in [1.165, 1.54) is 18.2 Å². The van der Waals surface area contributed by atoms with E-state index < -0.39 is 4.92 Å². The van der Waals surface area contributed by atoms with Crippen molar-refractivity contribution < 1.29 is 9.72 Å². The number of nitro benzene ring substituents is 1. The smallest absolute Gasteiger partial charge is 0.282 e. The molecule has 1 saturated heterocycles. The number of nitrogens with zero attached hydrogens (tertiary/aromatic N) is 3. The van der Waals surface area contributed by atoms with Gasteiger partial charge in [0.05, 0.1) is 4.92 Å². The molecule has 2 aliphatic heterocycles. The summed E-state index contributed by atoms with van der Waals surface area (Å²) >= 11 is 6.05. The number of likely N-dealkylation sites (tertiary alicyclic amines) is 1. The summed E-state index contributed by atoms with van der Waals surface area (Å²) in [6, 6.07) is 10.2. The van der Waals surface area contributed by atoms with Gasteiger partial charge in [-0.05, 0) is 50.7 Å². The molecule has 1 fully saturated rings. The van der Waals surface area contributed by atoms with Crippen LogP contribution in [0.3, 0.4) is 0 Å². The van der Waals surface area contributed by atoms with Crippen molar-refractivity contribution in [3.63, 3.8) is 0 Å². The third kappa shape index (κ3) is 2.99. The zero-order chi connectivity index (χ0) is 19.3. The molecule has 140 valence electrons. The Balaban J connectivity index is 1.83. The molecule has 2 aliphatic rings. The van der Waals surface area contributed by atoms with Crippen LogP contribution in [-0.4, -0.2) is 41.9 Å². The molecule has 0 unspecified atom stereocenters. The Bertz CT molecular complexity index is 946. The molecule has 0 radical (unpaired) electrons. The van der Waals surface area contributed by atoms with E-state index in [4.69, 9.17) is 11.6 Å². The van der Waals surface area contributed by atoms with Gasteiger partial charge in [0.1, 0.15) is 5.56 Å². The third-order valence-corrected chi connectivity index (χ3v) is 5.79. The van der Waals surface area contributed by atoms with Gasteiger partial charge in [-0.1, -0.05) is 29.3 Å². The Morgan fingerprint density at radius 2 is 2.04 bits per heavy atom. The van der Waals surface area contributed by atoms with E-state index in [1.807, 2.05) is 19.1 Å². The molecule has 0 saturated carbocycles. The van der Waals surface area contributed by atoms with Crippen LogP contribution in [0.25, 0.3) is 0 Å². The molecule has 27 heavy (non-hydrogen) atoms. The lowest BCUT2D eigenvalue weighted by Gasteiger charge is -2.36. The second kappa shape index (κ2) is 6.62. The standard InChI is InChI=1S/C20H20ClN3O3/c1-12-3-5-17-14(9-12)16-11-22(2)8-7-18(16)23(17)20(25)15-10-13(21)4-6-19(15)24(26)27/h3-6,9-10,16,18H,7-8,11H2,1-2H3/t16-,18-/m0/s1. The Kier molecular flexibility index (Phi) is 4.40. The summed E-state index contributed by atoms with van der Waals surface area (Å²) in [6.07, 6.45) is 0.828. The van der Waals surface area contributed by atoms with Crippen molar-refractivity contribution >= 4 is 28.9 Å². The summed E-state index contributed by atoms with van der Waals surface area (Å²) in [6.45, 7) is 3.78. The van der Waals surface area contributed by atoms with Crippen molar-refractivity contribution in [2.45, 2.75) is 25.3 Å². The van der Waals surface area contributed by atoms with Gasteiger partial charge in [0, 0.05) is 35.3 Å². The van der Waals surface area contributed by atoms with E-state index in [2.05, 4.69) is 18.0 Å². The number of aryl methyl sites for hydroxylation is 1. The predicted molar refractivity (Wildman–Crippen MR) is 105 cm³/mol. The lowest BCUT2D eigenvalue weighted by atomic mass is 9.88. The van der Waals surface area contributed by atoms with Crippen LogP contribution >= 0.6 is 11.6 Å². The molecule has 0 aliphatic carbocycles. The molecular formula is C20H20ClN3O3. The average molecular weight is 386 g/mol. The van der Waals surface area contributed by atoms with E-state index >= 15 is 0 Å². The van der Waals surface area contributed by atoms with Crippen molar-refractivity contribution in [1.82, 2.24) is 4.90 Å². The Morgan fingerprint density at radius 3 is 2.78 bits per heavy atom. The van der Waals surface area contributed by atoms with Gasteiger partial charge >= 0.3 is 0 Å². The first kappa shape index (κ1) is 17.9. The summed E-state index contributed by atoms with van der Waals surface area (Å²) in [5, 5.41) is 11.8. The fraction of sp³-hybridized carbons (Fsp3) is 0.350. The van der Waals surface area contributed by atoms with E-state index in [0.29, 0.717) is 5.02 Å². The predicted octanol–water partition coefficient (Wildman–Crippen LogP) is 4.00. The number of rotatable bonds is 2. The molecular weight excluding hydrogens is 366 g/mol. The molecule has 4 rings (SSSR count). The highest BCUT2D eigenvalue weighted by molar-refractivity contribution is 6.31. The highest BCUT2D eigenvalue weighted by atomic mass is 35.5. The maximum Gasteiger partial charge on any atom is 0.282 e. The number of hydrogen-bond donors (Lipinski definition) is 0. The number of nitro groups is 1. The summed E-state index contributed by atoms with van der Waals surface area (Å²) in [5.74, 6) is -0.146. The van der Waals surface area contributed by atoms with Crippen LogP contribution in [0.15, 0.2) is 36.4 Å². The van der Waals surface area contributed by atoms with Gasteiger partial charge < -0.3 is 9.80 Å². The molecule has 0 N–H and O–H groups in total. The first-order chi connectivity index (χ1) is 12.9. The second-order valence-corrected chi connectivity index (χ2v) is 7.82. The number of halogens is 1. The van der Waals surface area contributed by atoms with Crippen molar-refractivity contribution in [3.05, 3.63) is 68.2 Å². The van der Waals surface area contributed by atoms with Crippen LogP contribution in [0.1, 0.15) is 33.8 Å². The monoisotopic (exact) mass is 385 g/mol. The van der Waals surface area contributed by atoms with Crippen molar-refractivity contribution in [2.24, 2.45) is 0 Å². The summed E-state index contributed by atoms with van der Waals surface area (Å²) in [4.78, 5) is 28.4. The lowest BCUT2D eigenvalue weighted by molar-refractivity contribution is -0.385. The number of carbonyl (C=O) groups is 1. The third-order valence-electron chi connectivity index (χ3n) is 5.56. The molecule has 2 heterocycles. The summed E-state index contributed by atoms with van der Waals surface area (Å²) in [5.41, 5.74) is 2.96. The first-order valence-electron chi connectivity index (χ1n) is 8.93. The van der Waals surface area contributed by atoms with Gasteiger partial charge in [0.25, 0.3) is 11.6 Å². The molecule has 0 spiro atoms. The molecule has 1 amide bonds. The largest absolute Gasteiger partial charge is 0.306 e. The maximum absolute atomic E-state index is 13.5. The van der Waals surface area contributed by atoms with E-state index in [9.17, 15) is 14.9 Å². The number of likely N-dealkylation sites (N-methyl/N-ethyl adjacent to an activating group) is 1. The summed E-state index contributed by atoms with van der Waals surface area (Å²) in [7, 11) is 2.08. The number of hydrogen-bond acceptors (Lipinski definition) is 4. The number of fused-ring (bicyclic) bond motifs is 3. The van der Waals surface area contributed by atoms with Crippen molar-refractivity contribution in [1.29, 1.82) is 0 Å². The van der Waals surface area contributed by atoms with E-state index in [-0.39, 0.29) is 29.1 Å². The zero-order valence-electron chi connectivity index (χ0n) is 15.2. The normalized spacial score (nSPS) is 21.7. The molecule has 2 aromatic rings. The molecule has 7 heteroatoms.